The van der Waals surface area contributed by atoms with E-state index in [0.29, 0.717) is 30.8 Å². The van der Waals surface area contributed by atoms with Crippen LogP contribution in [0.5, 0.6) is 5.75 Å². The highest BCUT2D eigenvalue weighted by Crippen LogP contribution is 2.28. The molecule has 0 saturated carbocycles. The number of hydrogen-bond acceptors (Lipinski definition) is 4. The number of aliphatic hydroxyl groups excluding tert-OH is 1. The minimum atomic E-state index is -0.620. The summed E-state index contributed by atoms with van der Waals surface area (Å²) in [5.74, 6) is 0.198. The van der Waals surface area contributed by atoms with Crippen LogP contribution in [-0.2, 0) is 9.53 Å². The number of hydrogen-bond donors (Lipinski definition) is 1. The molecule has 0 aliphatic heterocycles. The lowest BCUT2D eigenvalue weighted by molar-refractivity contribution is -0.151. The van der Waals surface area contributed by atoms with Gasteiger partial charge >= 0.3 is 5.97 Å². The zero-order valence-corrected chi connectivity index (χ0v) is 12.5. The summed E-state index contributed by atoms with van der Waals surface area (Å²) >= 11 is 0. The van der Waals surface area contributed by atoms with Gasteiger partial charge in [-0.15, -0.1) is 0 Å². The fraction of sp³-hybridized carbons (Fsp3) is 0.562. The third-order valence-electron chi connectivity index (χ3n) is 3.03. The van der Waals surface area contributed by atoms with Gasteiger partial charge < -0.3 is 14.6 Å². The van der Waals surface area contributed by atoms with E-state index in [-0.39, 0.29) is 5.97 Å². The van der Waals surface area contributed by atoms with Gasteiger partial charge in [0, 0.05) is 5.56 Å². The summed E-state index contributed by atoms with van der Waals surface area (Å²) in [7, 11) is 0. The molecule has 1 aromatic carbocycles. The van der Waals surface area contributed by atoms with Crippen molar-refractivity contribution in [2.45, 2.75) is 52.2 Å². The Morgan fingerprint density at radius 3 is 2.55 bits per heavy atom. The first-order valence-electron chi connectivity index (χ1n) is 7.24. The third-order valence-corrected chi connectivity index (χ3v) is 3.03. The molecule has 4 nitrogen and oxygen atoms in total. The topological polar surface area (TPSA) is 55.8 Å². The normalized spacial score (nSPS) is 13.6. The van der Waals surface area contributed by atoms with Crippen LogP contribution in [0.15, 0.2) is 24.3 Å². The van der Waals surface area contributed by atoms with E-state index < -0.39 is 12.2 Å². The number of carbonyl (C=O) groups is 1. The van der Waals surface area contributed by atoms with Crippen molar-refractivity contribution in [2.75, 3.05) is 6.61 Å². The van der Waals surface area contributed by atoms with Gasteiger partial charge in [-0.3, -0.25) is 0 Å². The smallest absolute Gasteiger partial charge is 0.347 e. The monoisotopic (exact) mass is 280 g/mol. The van der Waals surface area contributed by atoms with Crippen molar-refractivity contribution in [3.63, 3.8) is 0 Å². The Morgan fingerprint density at radius 2 is 1.95 bits per heavy atom. The molecule has 0 bridgehead atoms. The second kappa shape index (κ2) is 8.59. The summed E-state index contributed by atoms with van der Waals surface area (Å²) in [4.78, 5) is 11.9. The summed E-state index contributed by atoms with van der Waals surface area (Å²) in [6.45, 7) is 6.00. The molecule has 20 heavy (non-hydrogen) atoms. The van der Waals surface area contributed by atoms with E-state index >= 15 is 0 Å². The van der Waals surface area contributed by atoms with Crippen molar-refractivity contribution >= 4 is 5.97 Å². The van der Waals surface area contributed by atoms with Crippen LogP contribution in [0.3, 0.4) is 0 Å². The Morgan fingerprint density at radius 1 is 1.25 bits per heavy atom. The highest BCUT2D eigenvalue weighted by atomic mass is 16.6. The fourth-order valence-corrected chi connectivity index (χ4v) is 1.96. The number of benzene rings is 1. The van der Waals surface area contributed by atoms with Crippen molar-refractivity contribution < 1.29 is 19.4 Å². The van der Waals surface area contributed by atoms with Gasteiger partial charge in [0.25, 0.3) is 0 Å². The molecule has 1 unspecified atom stereocenters. The molecule has 0 spiro atoms. The van der Waals surface area contributed by atoms with Crippen molar-refractivity contribution in [2.24, 2.45) is 0 Å². The van der Waals surface area contributed by atoms with Crippen LogP contribution in [0.1, 0.15) is 51.7 Å². The first-order valence-corrected chi connectivity index (χ1v) is 7.24. The predicted molar refractivity (Wildman–Crippen MR) is 77.6 cm³/mol. The Labute approximate surface area is 120 Å². The summed E-state index contributed by atoms with van der Waals surface area (Å²) < 4.78 is 10.8. The van der Waals surface area contributed by atoms with Crippen LogP contribution in [0.2, 0.25) is 0 Å². The first-order chi connectivity index (χ1) is 9.63. The molecule has 0 aromatic heterocycles. The molecule has 1 aromatic rings. The minimum Gasteiger partial charge on any atom is -0.478 e. The van der Waals surface area contributed by atoms with Gasteiger partial charge in [0.1, 0.15) is 5.75 Å². The molecule has 0 fully saturated rings. The van der Waals surface area contributed by atoms with Gasteiger partial charge in [-0.05, 0) is 25.8 Å². The van der Waals surface area contributed by atoms with Crippen LogP contribution in [0, 0.1) is 0 Å². The Bertz CT molecular complexity index is 417. The summed E-state index contributed by atoms with van der Waals surface area (Å²) in [5, 5.41) is 10.00. The molecular weight excluding hydrogens is 256 g/mol. The van der Waals surface area contributed by atoms with E-state index in [9.17, 15) is 9.90 Å². The highest BCUT2D eigenvalue weighted by Gasteiger charge is 2.23. The van der Waals surface area contributed by atoms with E-state index in [4.69, 9.17) is 9.47 Å². The maximum absolute atomic E-state index is 11.9. The Balaban J connectivity index is 2.90. The molecule has 0 saturated heterocycles. The second-order valence-corrected chi connectivity index (χ2v) is 4.61. The average Bonchev–Trinajstić information content (AvgIpc) is 2.46. The van der Waals surface area contributed by atoms with Crippen LogP contribution >= 0.6 is 0 Å². The molecule has 4 heteroatoms. The Hall–Kier alpha value is -1.55. The summed E-state index contributed by atoms with van der Waals surface area (Å²) in [6.07, 6.45) is 0.802. The number of ether oxygens (including phenoxy) is 2. The standard InChI is InChI=1S/C16H24O4/c1-4-9-15(16(18)19-6-3)20-14-11-8-7-10-12(14)13(17)5-2/h7-8,10-11,13,15,17H,4-6,9H2,1-3H3/t13-,15?/m0/s1. The number of carbonyl (C=O) groups excluding carboxylic acids is 1. The van der Waals surface area contributed by atoms with E-state index in [2.05, 4.69) is 0 Å². The van der Waals surface area contributed by atoms with Crippen molar-refractivity contribution in [3.8, 4) is 5.75 Å². The van der Waals surface area contributed by atoms with E-state index in [1.54, 1.807) is 13.0 Å². The largest absolute Gasteiger partial charge is 0.478 e. The lowest BCUT2D eigenvalue weighted by Crippen LogP contribution is -2.29. The van der Waals surface area contributed by atoms with Gasteiger partial charge in [-0.1, -0.05) is 38.5 Å². The van der Waals surface area contributed by atoms with E-state index in [0.717, 1.165) is 6.42 Å². The third kappa shape index (κ3) is 4.53. The molecule has 0 radical (unpaired) electrons. The van der Waals surface area contributed by atoms with Gasteiger partial charge in [0.15, 0.2) is 6.10 Å². The zero-order valence-electron chi connectivity index (χ0n) is 12.5. The van der Waals surface area contributed by atoms with Gasteiger partial charge in [0.2, 0.25) is 0 Å². The summed E-state index contributed by atoms with van der Waals surface area (Å²) in [5.41, 5.74) is 0.709. The first kappa shape index (κ1) is 16.5. The Kier molecular flexibility index (Phi) is 7.09. The van der Waals surface area contributed by atoms with Crippen LogP contribution in [0.4, 0.5) is 0 Å². The molecule has 0 aliphatic carbocycles. The maximum Gasteiger partial charge on any atom is 0.347 e. The summed E-state index contributed by atoms with van der Waals surface area (Å²) in [6, 6.07) is 7.27. The van der Waals surface area contributed by atoms with E-state index in [1.165, 1.54) is 0 Å². The highest BCUT2D eigenvalue weighted by molar-refractivity contribution is 5.75. The van der Waals surface area contributed by atoms with Crippen LogP contribution < -0.4 is 4.74 Å². The number of esters is 1. The number of rotatable bonds is 8. The van der Waals surface area contributed by atoms with Gasteiger partial charge in [-0.25, -0.2) is 4.79 Å². The average molecular weight is 280 g/mol. The van der Waals surface area contributed by atoms with Crippen molar-refractivity contribution in [1.29, 1.82) is 0 Å². The zero-order chi connectivity index (χ0) is 15.0. The van der Waals surface area contributed by atoms with E-state index in [1.807, 2.05) is 32.0 Å². The predicted octanol–water partition coefficient (Wildman–Crippen LogP) is 3.24. The SMILES string of the molecule is CCCC(Oc1ccccc1[C@@H](O)CC)C(=O)OCC. The maximum atomic E-state index is 11.9. The number of aliphatic hydroxyl groups is 1. The molecule has 112 valence electrons. The van der Waals surface area contributed by atoms with Crippen LogP contribution in [-0.4, -0.2) is 23.8 Å². The fourth-order valence-electron chi connectivity index (χ4n) is 1.96. The molecule has 1 N–H and O–H groups in total. The second-order valence-electron chi connectivity index (χ2n) is 4.61. The molecular formula is C16H24O4. The van der Waals surface area contributed by atoms with Crippen molar-refractivity contribution in [3.05, 3.63) is 29.8 Å². The minimum absolute atomic E-state index is 0.335. The molecule has 0 amide bonds. The van der Waals surface area contributed by atoms with Crippen molar-refractivity contribution in [1.82, 2.24) is 0 Å². The molecule has 1 rings (SSSR count). The number of para-hydroxylation sites is 1. The van der Waals surface area contributed by atoms with Gasteiger partial charge in [0.05, 0.1) is 12.7 Å². The van der Waals surface area contributed by atoms with Gasteiger partial charge in [-0.2, -0.15) is 0 Å². The molecule has 2 atom stereocenters. The quantitative estimate of drug-likeness (QED) is 0.743. The lowest BCUT2D eigenvalue weighted by Gasteiger charge is -2.20. The molecule has 0 aliphatic rings. The van der Waals surface area contributed by atoms with Crippen LogP contribution in [0.25, 0.3) is 0 Å². The lowest BCUT2D eigenvalue weighted by atomic mass is 10.1. The molecule has 0 heterocycles.